The number of hydrogen-bond donors (Lipinski definition) is 0. The topological polar surface area (TPSA) is 41.9 Å². The summed E-state index contributed by atoms with van der Waals surface area (Å²) in [7, 11) is 0. The monoisotopic (exact) mass is 446 g/mol. The molecule has 9 heteroatoms. The minimum Gasteiger partial charge on any atom is -0.493 e. The molecule has 4 rings (SSSR count). The molecule has 32 heavy (non-hydrogen) atoms. The van der Waals surface area contributed by atoms with Crippen molar-refractivity contribution in [3.8, 4) is 5.75 Å². The van der Waals surface area contributed by atoms with Crippen LogP contribution in [-0.2, 0) is 4.79 Å². The van der Waals surface area contributed by atoms with Crippen LogP contribution in [0.1, 0.15) is 19.4 Å². The van der Waals surface area contributed by atoms with Crippen molar-refractivity contribution < 1.29 is 31.5 Å². The second-order valence-electron chi connectivity index (χ2n) is 6.91. The minimum atomic E-state index is -2.31. The number of hydrazone groups is 1. The van der Waals surface area contributed by atoms with Crippen LogP contribution in [0.25, 0.3) is 16.8 Å². The van der Waals surface area contributed by atoms with Crippen LogP contribution in [0.2, 0.25) is 0 Å². The molecular formula is C23H15F5N2O2. The van der Waals surface area contributed by atoms with Crippen molar-refractivity contribution in [3.05, 3.63) is 76.6 Å². The molecule has 3 aromatic rings. The summed E-state index contributed by atoms with van der Waals surface area (Å²) in [6.45, 7) is 3.69. The van der Waals surface area contributed by atoms with E-state index in [2.05, 4.69) is 5.10 Å². The van der Waals surface area contributed by atoms with Crippen molar-refractivity contribution in [2.75, 3.05) is 11.6 Å². The highest BCUT2D eigenvalue weighted by atomic mass is 19.2. The summed E-state index contributed by atoms with van der Waals surface area (Å²) in [5.74, 6) is -11.3. The normalized spacial score (nSPS) is 15.1. The molecule has 1 amide bonds. The number of anilines is 1. The van der Waals surface area contributed by atoms with Crippen LogP contribution < -0.4 is 9.75 Å². The molecule has 1 aliphatic rings. The number of halogens is 5. The van der Waals surface area contributed by atoms with Gasteiger partial charge in [-0.3, -0.25) is 4.79 Å². The highest BCUT2D eigenvalue weighted by molar-refractivity contribution is 6.32. The summed E-state index contributed by atoms with van der Waals surface area (Å²) >= 11 is 0. The number of nitrogens with zero attached hydrogens (tertiary/aromatic N) is 2. The van der Waals surface area contributed by atoms with Gasteiger partial charge in [0.05, 0.1) is 17.9 Å². The van der Waals surface area contributed by atoms with E-state index < -0.39 is 40.7 Å². The van der Waals surface area contributed by atoms with Crippen LogP contribution in [-0.4, -0.2) is 18.2 Å². The third-order valence-electron chi connectivity index (χ3n) is 4.98. The third-order valence-corrected chi connectivity index (χ3v) is 4.98. The molecule has 164 valence electrons. The highest BCUT2D eigenvalue weighted by Gasteiger charge is 2.37. The quantitative estimate of drug-likeness (QED) is 0.222. The Morgan fingerprint density at radius 2 is 1.50 bits per heavy atom. The van der Waals surface area contributed by atoms with Crippen LogP contribution in [0.15, 0.2) is 47.1 Å². The Balaban J connectivity index is 1.82. The van der Waals surface area contributed by atoms with Crippen LogP contribution >= 0.6 is 0 Å². The number of carbonyl (C=O) groups is 1. The second-order valence-corrected chi connectivity index (χ2v) is 6.91. The Morgan fingerprint density at radius 1 is 0.906 bits per heavy atom. The molecule has 0 bridgehead atoms. The lowest BCUT2D eigenvalue weighted by Gasteiger charge is -2.15. The van der Waals surface area contributed by atoms with Crippen LogP contribution in [0, 0.1) is 29.1 Å². The van der Waals surface area contributed by atoms with Crippen molar-refractivity contribution in [1.82, 2.24) is 0 Å². The van der Waals surface area contributed by atoms with Gasteiger partial charge < -0.3 is 4.74 Å². The number of ether oxygens (including phenoxy) is 1. The van der Waals surface area contributed by atoms with E-state index in [-0.39, 0.29) is 16.3 Å². The lowest BCUT2D eigenvalue weighted by molar-refractivity contribution is -0.114. The second kappa shape index (κ2) is 8.07. The summed E-state index contributed by atoms with van der Waals surface area (Å²) in [4.78, 5) is 12.9. The van der Waals surface area contributed by atoms with Crippen molar-refractivity contribution in [3.63, 3.8) is 0 Å². The zero-order chi connectivity index (χ0) is 23.2. The number of carbonyl (C=O) groups excluding carboxylic acids is 1. The molecule has 0 fully saturated rings. The Morgan fingerprint density at radius 3 is 2.12 bits per heavy atom. The first kappa shape index (κ1) is 21.5. The number of fused-ring (bicyclic) bond motifs is 1. The minimum absolute atomic E-state index is 0.0525. The van der Waals surface area contributed by atoms with Gasteiger partial charge in [-0.05, 0) is 36.9 Å². The van der Waals surface area contributed by atoms with E-state index in [0.29, 0.717) is 17.9 Å². The van der Waals surface area contributed by atoms with E-state index in [1.165, 1.54) is 13.0 Å². The van der Waals surface area contributed by atoms with Gasteiger partial charge in [-0.1, -0.05) is 30.3 Å². The maximum absolute atomic E-state index is 14.2. The smallest absolute Gasteiger partial charge is 0.280 e. The summed E-state index contributed by atoms with van der Waals surface area (Å²) in [5, 5.41) is 5.45. The number of hydrogen-bond acceptors (Lipinski definition) is 3. The molecule has 0 radical (unpaired) electrons. The summed E-state index contributed by atoms with van der Waals surface area (Å²) < 4.78 is 74.7. The predicted molar refractivity (Wildman–Crippen MR) is 110 cm³/mol. The van der Waals surface area contributed by atoms with E-state index >= 15 is 0 Å². The molecule has 0 unspecified atom stereocenters. The molecule has 0 atom stereocenters. The largest absolute Gasteiger partial charge is 0.493 e. The first-order chi connectivity index (χ1) is 15.3. The van der Waals surface area contributed by atoms with Gasteiger partial charge in [-0.25, -0.2) is 22.0 Å². The molecule has 0 spiro atoms. The van der Waals surface area contributed by atoms with Gasteiger partial charge in [0.25, 0.3) is 5.91 Å². The molecule has 4 nitrogen and oxygen atoms in total. The molecule has 3 aromatic carbocycles. The maximum Gasteiger partial charge on any atom is 0.280 e. The van der Waals surface area contributed by atoms with Crippen LogP contribution in [0.5, 0.6) is 5.75 Å². The molecular weight excluding hydrogens is 431 g/mol. The van der Waals surface area contributed by atoms with Crippen molar-refractivity contribution in [2.24, 2.45) is 5.10 Å². The van der Waals surface area contributed by atoms with Gasteiger partial charge in [0, 0.05) is 5.39 Å². The first-order valence-corrected chi connectivity index (χ1v) is 9.54. The van der Waals surface area contributed by atoms with E-state index in [0.717, 1.165) is 10.8 Å². The van der Waals surface area contributed by atoms with Crippen molar-refractivity contribution in [2.45, 2.75) is 13.8 Å². The Labute approximate surface area is 179 Å². The number of benzene rings is 3. The average Bonchev–Trinajstić information content (AvgIpc) is 3.06. The fourth-order valence-electron chi connectivity index (χ4n) is 3.47. The van der Waals surface area contributed by atoms with Gasteiger partial charge in [0.2, 0.25) is 5.82 Å². The summed E-state index contributed by atoms with van der Waals surface area (Å²) in [5.41, 5.74) is -0.841. The van der Waals surface area contributed by atoms with Gasteiger partial charge in [-0.2, -0.15) is 10.1 Å². The zero-order valence-electron chi connectivity index (χ0n) is 16.8. The lowest BCUT2D eigenvalue weighted by Crippen LogP contribution is -2.25. The Hall–Kier alpha value is -3.75. The Bertz CT molecular complexity index is 1300. The molecule has 0 aromatic heterocycles. The number of amides is 1. The highest BCUT2D eigenvalue weighted by Crippen LogP contribution is 2.35. The standard InChI is InChI=1S/C23H15F5N2O2/c1-3-32-16-9-8-12(13-6-4-5-7-14(13)16)10-15-11(2)29-30(23(15)31)22-20(27)18(25)17(24)19(26)21(22)28/h4-10H,3H2,1-2H3/b15-10+. The van der Waals surface area contributed by atoms with Crippen LogP contribution in [0.4, 0.5) is 27.6 Å². The fourth-order valence-corrected chi connectivity index (χ4v) is 3.47. The first-order valence-electron chi connectivity index (χ1n) is 9.54. The maximum atomic E-state index is 14.2. The summed E-state index contributed by atoms with van der Waals surface area (Å²) in [6.07, 6.45) is 1.45. The van der Waals surface area contributed by atoms with Gasteiger partial charge in [0.15, 0.2) is 23.3 Å². The van der Waals surface area contributed by atoms with Crippen molar-refractivity contribution in [1.29, 1.82) is 0 Å². The van der Waals surface area contributed by atoms with Crippen LogP contribution in [0.3, 0.4) is 0 Å². The third kappa shape index (κ3) is 3.30. The molecule has 0 saturated heterocycles. The SMILES string of the molecule is CCOc1ccc(/C=C2/C(=O)N(c3c(F)c(F)c(F)c(F)c3F)N=C2C)c2ccccc12. The molecule has 0 aliphatic carbocycles. The predicted octanol–water partition coefficient (Wildman–Crippen LogP) is 5.74. The van der Waals surface area contributed by atoms with E-state index in [9.17, 15) is 26.7 Å². The molecule has 1 heterocycles. The van der Waals surface area contributed by atoms with E-state index in [4.69, 9.17) is 4.74 Å². The summed E-state index contributed by atoms with van der Waals surface area (Å²) in [6, 6.07) is 10.7. The molecule has 1 aliphatic heterocycles. The zero-order valence-corrected chi connectivity index (χ0v) is 16.8. The van der Waals surface area contributed by atoms with E-state index in [1.807, 2.05) is 19.1 Å². The molecule has 0 N–H and O–H groups in total. The Kier molecular flexibility index (Phi) is 5.41. The van der Waals surface area contributed by atoms with Gasteiger partial charge in [-0.15, -0.1) is 0 Å². The molecule has 0 saturated carbocycles. The average molecular weight is 446 g/mol. The lowest BCUT2D eigenvalue weighted by atomic mass is 10.00. The van der Waals surface area contributed by atoms with Crippen molar-refractivity contribution >= 4 is 34.2 Å². The fraction of sp³-hybridized carbons (Fsp3) is 0.130. The van der Waals surface area contributed by atoms with Gasteiger partial charge in [0.1, 0.15) is 11.4 Å². The van der Waals surface area contributed by atoms with E-state index in [1.54, 1.807) is 24.3 Å². The number of rotatable bonds is 4. The van der Waals surface area contributed by atoms with Gasteiger partial charge >= 0.3 is 0 Å².